The predicted molar refractivity (Wildman–Crippen MR) is 71.3 cm³/mol. The molecule has 1 amide bonds. The molecule has 0 aliphatic carbocycles. The van der Waals surface area contributed by atoms with Crippen LogP contribution in [0.15, 0.2) is 36.9 Å². The fourth-order valence-electron chi connectivity index (χ4n) is 1.79. The van der Waals surface area contributed by atoms with Gasteiger partial charge in [0.25, 0.3) is 0 Å². The highest BCUT2D eigenvalue weighted by Crippen LogP contribution is 2.15. The van der Waals surface area contributed by atoms with Crippen LogP contribution >= 0.6 is 0 Å². The molecule has 1 N–H and O–H groups in total. The summed E-state index contributed by atoms with van der Waals surface area (Å²) in [6.07, 6.45) is 5.46. The first-order chi connectivity index (χ1) is 9.06. The van der Waals surface area contributed by atoms with E-state index >= 15 is 0 Å². The van der Waals surface area contributed by atoms with Crippen molar-refractivity contribution in [2.45, 2.75) is 26.3 Å². The average molecular weight is 261 g/mol. The number of nitrogens with zero attached hydrogens (tertiary/aromatic N) is 2. The Kier molecular flexibility index (Phi) is 3.94. The molecule has 0 saturated heterocycles. The van der Waals surface area contributed by atoms with Crippen molar-refractivity contribution in [1.29, 1.82) is 0 Å². The fraction of sp³-hybridized carbons (Fsp3) is 0.286. The molecule has 0 bridgehead atoms. The number of aromatic nitrogens is 2. The minimum Gasteiger partial charge on any atom is -0.334 e. The first-order valence-corrected chi connectivity index (χ1v) is 6.09. The zero-order chi connectivity index (χ0) is 13.8. The number of hydrogen-bond acceptors (Lipinski definition) is 2. The quantitative estimate of drug-likeness (QED) is 0.919. The maximum absolute atomic E-state index is 13.4. The molecule has 0 radical (unpaired) electrons. The largest absolute Gasteiger partial charge is 0.334 e. The third-order valence-corrected chi connectivity index (χ3v) is 2.97. The summed E-state index contributed by atoms with van der Waals surface area (Å²) in [5.74, 6) is -0.468. The first-order valence-electron chi connectivity index (χ1n) is 6.09. The van der Waals surface area contributed by atoms with Gasteiger partial charge in [-0.2, -0.15) is 0 Å². The SMILES string of the molecule is Cc1ccc(NC(=O)CC(C)n2ccnc2)cc1F. The molecule has 2 rings (SSSR count). The summed E-state index contributed by atoms with van der Waals surface area (Å²) in [6.45, 7) is 3.61. The van der Waals surface area contributed by atoms with Gasteiger partial charge in [-0.25, -0.2) is 9.37 Å². The van der Waals surface area contributed by atoms with Crippen LogP contribution < -0.4 is 5.32 Å². The molecule has 1 aromatic carbocycles. The number of nitrogens with one attached hydrogen (secondary N) is 1. The maximum Gasteiger partial charge on any atom is 0.226 e. The van der Waals surface area contributed by atoms with Crippen LogP contribution in [0.2, 0.25) is 0 Å². The number of carbonyl (C=O) groups excluding carboxylic acids is 1. The van der Waals surface area contributed by atoms with Crippen molar-refractivity contribution < 1.29 is 9.18 Å². The smallest absolute Gasteiger partial charge is 0.226 e. The molecule has 0 spiro atoms. The lowest BCUT2D eigenvalue weighted by molar-refractivity contribution is -0.116. The Balaban J connectivity index is 1.95. The second-order valence-electron chi connectivity index (χ2n) is 4.58. The Morgan fingerprint density at radius 2 is 2.32 bits per heavy atom. The lowest BCUT2D eigenvalue weighted by atomic mass is 10.2. The van der Waals surface area contributed by atoms with Crippen LogP contribution in [-0.4, -0.2) is 15.5 Å². The molecule has 0 aliphatic heterocycles. The van der Waals surface area contributed by atoms with Crippen molar-refractivity contribution in [2.24, 2.45) is 0 Å². The number of benzene rings is 1. The monoisotopic (exact) mass is 261 g/mol. The van der Waals surface area contributed by atoms with Gasteiger partial charge in [-0.3, -0.25) is 4.79 Å². The number of carbonyl (C=O) groups is 1. The topological polar surface area (TPSA) is 46.9 Å². The van der Waals surface area contributed by atoms with E-state index in [1.807, 2.05) is 17.7 Å². The number of amides is 1. The summed E-state index contributed by atoms with van der Waals surface area (Å²) in [6, 6.07) is 4.68. The highest BCUT2D eigenvalue weighted by Gasteiger charge is 2.11. The van der Waals surface area contributed by atoms with Gasteiger partial charge < -0.3 is 9.88 Å². The Hall–Kier alpha value is -2.17. The van der Waals surface area contributed by atoms with E-state index in [-0.39, 0.29) is 17.8 Å². The second kappa shape index (κ2) is 5.65. The molecule has 0 fully saturated rings. The first kappa shape index (κ1) is 13.3. The normalized spacial score (nSPS) is 12.2. The highest BCUT2D eigenvalue weighted by molar-refractivity contribution is 5.90. The van der Waals surface area contributed by atoms with Crippen molar-refractivity contribution in [3.63, 3.8) is 0 Å². The number of rotatable bonds is 4. The molecule has 0 saturated carbocycles. The summed E-state index contributed by atoms with van der Waals surface area (Å²) < 4.78 is 15.2. The van der Waals surface area contributed by atoms with Gasteiger partial charge in [0, 0.05) is 30.5 Å². The molecule has 100 valence electrons. The molecule has 5 heteroatoms. The van der Waals surface area contributed by atoms with Gasteiger partial charge >= 0.3 is 0 Å². The Labute approximate surface area is 111 Å². The third kappa shape index (κ3) is 3.40. The average Bonchev–Trinajstić information content (AvgIpc) is 2.87. The van der Waals surface area contributed by atoms with Gasteiger partial charge in [-0.05, 0) is 31.5 Å². The van der Waals surface area contributed by atoms with Crippen LogP contribution in [0.25, 0.3) is 0 Å². The molecule has 19 heavy (non-hydrogen) atoms. The van der Waals surface area contributed by atoms with Crippen molar-refractivity contribution >= 4 is 11.6 Å². The van der Waals surface area contributed by atoms with Gasteiger partial charge in [0.1, 0.15) is 5.82 Å². The van der Waals surface area contributed by atoms with Crippen LogP contribution in [0.1, 0.15) is 24.9 Å². The fourth-order valence-corrected chi connectivity index (χ4v) is 1.79. The van der Waals surface area contributed by atoms with Crippen LogP contribution in [-0.2, 0) is 4.79 Å². The van der Waals surface area contributed by atoms with Crippen molar-refractivity contribution in [1.82, 2.24) is 9.55 Å². The van der Waals surface area contributed by atoms with E-state index in [2.05, 4.69) is 10.3 Å². The zero-order valence-electron chi connectivity index (χ0n) is 10.9. The zero-order valence-corrected chi connectivity index (χ0v) is 10.9. The summed E-state index contributed by atoms with van der Waals surface area (Å²) in [5, 5.41) is 2.69. The van der Waals surface area contributed by atoms with Crippen LogP contribution in [0.3, 0.4) is 0 Å². The maximum atomic E-state index is 13.4. The van der Waals surface area contributed by atoms with Crippen molar-refractivity contribution in [3.8, 4) is 0 Å². The number of imidazole rings is 1. The van der Waals surface area contributed by atoms with Gasteiger partial charge in [0.2, 0.25) is 5.91 Å². The number of aryl methyl sites for hydroxylation is 1. The van der Waals surface area contributed by atoms with Gasteiger partial charge in [-0.15, -0.1) is 0 Å². The summed E-state index contributed by atoms with van der Waals surface area (Å²) in [5.41, 5.74) is 1.04. The van der Waals surface area contributed by atoms with Crippen LogP contribution in [0.5, 0.6) is 0 Å². The molecule has 1 atom stereocenters. The predicted octanol–water partition coefficient (Wildman–Crippen LogP) is 2.92. The summed E-state index contributed by atoms with van der Waals surface area (Å²) in [7, 11) is 0. The Bertz CT molecular complexity index is 566. The van der Waals surface area contributed by atoms with E-state index in [4.69, 9.17) is 0 Å². The molecule has 1 unspecified atom stereocenters. The van der Waals surface area contributed by atoms with E-state index in [1.165, 1.54) is 6.07 Å². The van der Waals surface area contributed by atoms with Crippen LogP contribution in [0.4, 0.5) is 10.1 Å². The van der Waals surface area contributed by atoms with E-state index < -0.39 is 0 Å². The lowest BCUT2D eigenvalue weighted by Gasteiger charge is -2.13. The number of hydrogen-bond donors (Lipinski definition) is 1. The minimum absolute atomic E-state index is 0.0118. The van der Waals surface area contributed by atoms with Crippen molar-refractivity contribution in [2.75, 3.05) is 5.32 Å². The third-order valence-electron chi connectivity index (χ3n) is 2.97. The molecule has 0 aliphatic rings. The molecule has 1 aromatic heterocycles. The van der Waals surface area contributed by atoms with Gasteiger partial charge in [0.15, 0.2) is 0 Å². The summed E-state index contributed by atoms with van der Waals surface area (Å²) in [4.78, 5) is 15.8. The van der Waals surface area contributed by atoms with E-state index in [1.54, 1.807) is 31.6 Å². The van der Waals surface area contributed by atoms with Crippen molar-refractivity contribution in [3.05, 3.63) is 48.3 Å². The van der Waals surface area contributed by atoms with E-state index in [0.717, 1.165) is 0 Å². The number of halogens is 1. The molecule has 1 heterocycles. The Morgan fingerprint density at radius 1 is 1.53 bits per heavy atom. The van der Waals surface area contributed by atoms with Gasteiger partial charge in [0.05, 0.1) is 6.33 Å². The molecule has 2 aromatic rings. The second-order valence-corrected chi connectivity index (χ2v) is 4.58. The lowest BCUT2D eigenvalue weighted by Crippen LogP contribution is -2.17. The van der Waals surface area contributed by atoms with Crippen LogP contribution in [0, 0.1) is 12.7 Å². The minimum atomic E-state index is -0.319. The van der Waals surface area contributed by atoms with Gasteiger partial charge in [-0.1, -0.05) is 6.07 Å². The van der Waals surface area contributed by atoms with E-state index in [9.17, 15) is 9.18 Å². The molecular weight excluding hydrogens is 245 g/mol. The summed E-state index contributed by atoms with van der Waals surface area (Å²) >= 11 is 0. The standard InChI is InChI=1S/C14H16FN3O/c1-10-3-4-12(8-13(10)15)17-14(19)7-11(2)18-6-5-16-9-18/h3-6,8-9,11H,7H2,1-2H3,(H,17,19). The Morgan fingerprint density at radius 3 is 2.95 bits per heavy atom. The highest BCUT2D eigenvalue weighted by atomic mass is 19.1. The number of anilines is 1. The molecule has 4 nitrogen and oxygen atoms in total. The molecular formula is C14H16FN3O. The van der Waals surface area contributed by atoms with E-state index in [0.29, 0.717) is 17.7 Å².